The molecule has 1 atom stereocenters. The number of carbonyl (C=O) groups excluding carboxylic acids is 1. The summed E-state index contributed by atoms with van der Waals surface area (Å²) in [7, 11) is -3.59. The van der Waals surface area contributed by atoms with Crippen LogP contribution in [0.15, 0.2) is 48.8 Å². The lowest BCUT2D eigenvalue weighted by atomic mass is 10.1. The first-order chi connectivity index (χ1) is 11.4. The van der Waals surface area contributed by atoms with E-state index in [1.165, 1.54) is 0 Å². The third-order valence-electron chi connectivity index (χ3n) is 3.38. The van der Waals surface area contributed by atoms with E-state index in [1.54, 1.807) is 49.6 Å². The summed E-state index contributed by atoms with van der Waals surface area (Å²) in [5.74, 6) is -1.38. The maximum absolute atomic E-state index is 12.1. The monoisotopic (exact) mass is 343 g/mol. The van der Waals surface area contributed by atoms with Gasteiger partial charge in [-0.3, -0.25) is 9.78 Å². The molecule has 2 rings (SSSR count). The summed E-state index contributed by atoms with van der Waals surface area (Å²) < 4.78 is 24.3. The summed E-state index contributed by atoms with van der Waals surface area (Å²) in [5, 5.41) is 11.4. The molecule has 1 aromatic heterocycles. The first-order valence-electron chi connectivity index (χ1n) is 7.28. The topological polar surface area (TPSA) is 99.9 Å². The van der Waals surface area contributed by atoms with Gasteiger partial charge in [-0.2, -0.15) is 5.26 Å². The molecular formula is C17H17N3O3S. The molecule has 0 aliphatic carbocycles. The molecule has 7 heteroatoms. The van der Waals surface area contributed by atoms with Crippen molar-refractivity contribution in [1.29, 1.82) is 5.26 Å². The molecule has 0 saturated heterocycles. The smallest absolute Gasteiger partial charge is 0.235 e. The molecule has 0 radical (unpaired) electrons. The van der Waals surface area contributed by atoms with Gasteiger partial charge in [0.1, 0.15) is 5.75 Å². The number of benzene rings is 1. The van der Waals surface area contributed by atoms with Gasteiger partial charge in [-0.1, -0.05) is 18.2 Å². The zero-order chi connectivity index (χ0) is 17.6. The van der Waals surface area contributed by atoms with E-state index < -0.39 is 21.5 Å². The van der Waals surface area contributed by atoms with Crippen molar-refractivity contribution in [2.24, 2.45) is 0 Å². The quantitative estimate of drug-likeness (QED) is 0.861. The molecule has 1 aromatic carbocycles. The lowest BCUT2D eigenvalue weighted by molar-refractivity contribution is -0.119. The van der Waals surface area contributed by atoms with Crippen LogP contribution in [0.25, 0.3) is 0 Å². The Labute approximate surface area is 141 Å². The SMILES string of the molecule is CC(NC(=O)CS(=O)(=O)Cc1ccc(C#N)cc1)c1cccnc1. The van der Waals surface area contributed by atoms with Crippen molar-refractivity contribution in [2.45, 2.75) is 18.7 Å². The second kappa shape index (κ2) is 7.70. The second-order valence-corrected chi connectivity index (χ2v) is 7.48. The summed E-state index contributed by atoms with van der Waals surface area (Å²) >= 11 is 0. The molecule has 0 aliphatic rings. The fraction of sp³-hybridized carbons (Fsp3) is 0.235. The van der Waals surface area contributed by atoms with Crippen LogP contribution in [-0.2, 0) is 20.4 Å². The van der Waals surface area contributed by atoms with E-state index >= 15 is 0 Å². The highest BCUT2D eigenvalue weighted by atomic mass is 32.2. The second-order valence-electron chi connectivity index (χ2n) is 5.42. The summed E-state index contributed by atoms with van der Waals surface area (Å²) in [5.41, 5.74) is 1.80. The third kappa shape index (κ3) is 5.18. The molecule has 1 heterocycles. The van der Waals surface area contributed by atoms with Crippen LogP contribution in [0.1, 0.15) is 29.7 Å². The minimum Gasteiger partial charge on any atom is -0.349 e. The lowest BCUT2D eigenvalue weighted by Gasteiger charge is -2.14. The molecule has 0 aliphatic heterocycles. The molecule has 124 valence electrons. The molecule has 0 saturated carbocycles. The maximum atomic E-state index is 12.1. The highest BCUT2D eigenvalue weighted by Crippen LogP contribution is 2.11. The van der Waals surface area contributed by atoms with Crippen molar-refractivity contribution < 1.29 is 13.2 Å². The van der Waals surface area contributed by atoms with E-state index in [2.05, 4.69) is 10.3 Å². The van der Waals surface area contributed by atoms with Crippen molar-refractivity contribution in [2.75, 3.05) is 5.75 Å². The van der Waals surface area contributed by atoms with Crippen LogP contribution in [0, 0.1) is 11.3 Å². The Bertz CT molecular complexity index is 841. The van der Waals surface area contributed by atoms with Crippen molar-refractivity contribution in [1.82, 2.24) is 10.3 Å². The van der Waals surface area contributed by atoms with Crippen LogP contribution in [-0.4, -0.2) is 25.1 Å². The van der Waals surface area contributed by atoms with Gasteiger partial charge in [-0.05, 0) is 36.2 Å². The van der Waals surface area contributed by atoms with Crippen LogP contribution >= 0.6 is 0 Å². The predicted octanol–water partition coefficient (Wildman–Crippen LogP) is 1.75. The number of carbonyl (C=O) groups is 1. The Morgan fingerprint density at radius 2 is 2.00 bits per heavy atom. The largest absolute Gasteiger partial charge is 0.349 e. The average molecular weight is 343 g/mol. The van der Waals surface area contributed by atoms with Gasteiger partial charge in [0, 0.05) is 12.4 Å². The van der Waals surface area contributed by atoms with Crippen LogP contribution in [0.4, 0.5) is 0 Å². The van der Waals surface area contributed by atoms with Gasteiger partial charge in [-0.25, -0.2) is 8.42 Å². The Morgan fingerprint density at radius 1 is 1.29 bits per heavy atom. The standard InChI is InChI=1S/C17H17N3O3S/c1-13(16-3-2-8-19-10-16)20-17(21)12-24(22,23)11-15-6-4-14(9-18)5-7-15/h2-8,10,13H,11-12H2,1H3,(H,20,21). The van der Waals surface area contributed by atoms with Gasteiger partial charge in [0.05, 0.1) is 23.4 Å². The van der Waals surface area contributed by atoms with Crippen molar-refractivity contribution in [3.8, 4) is 6.07 Å². The molecule has 6 nitrogen and oxygen atoms in total. The highest BCUT2D eigenvalue weighted by molar-refractivity contribution is 7.91. The summed E-state index contributed by atoms with van der Waals surface area (Å²) in [6, 6.07) is 11.5. The number of nitrogens with zero attached hydrogens (tertiary/aromatic N) is 2. The van der Waals surface area contributed by atoms with Gasteiger partial charge >= 0.3 is 0 Å². The Kier molecular flexibility index (Phi) is 5.66. The van der Waals surface area contributed by atoms with Gasteiger partial charge in [0.15, 0.2) is 9.84 Å². The van der Waals surface area contributed by atoms with Crippen LogP contribution < -0.4 is 5.32 Å². The summed E-state index contributed by atoms with van der Waals surface area (Å²) in [4.78, 5) is 15.9. The zero-order valence-corrected chi connectivity index (χ0v) is 14.0. The highest BCUT2D eigenvalue weighted by Gasteiger charge is 2.19. The van der Waals surface area contributed by atoms with E-state index in [4.69, 9.17) is 5.26 Å². The van der Waals surface area contributed by atoms with E-state index in [1.807, 2.05) is 12.1 Å². The van der Waals surface area contributed by atoms with Crippen LogP contribution in [0.2, 0.25) is 0 Å². The fourth-order valence-electron chi connectivity index (χ4n) is 2.18. The number of pyridine rings is 1. The number of sulfone groups is 1. The number of rotatable bonds is 6. The minimum atomic E-state index is -3.59. The summed E-state index contributed by atoms with van der Waals surface area (Å²) in [6.07, 6.45) is 3.25. The number of nitrogens with one attached hydrogen (secondary N) is 1. The maximum Gasteiger partial charge on any atom is 0.235 e. The van der Waals surface area contributed by atoms with Crippen molar-refractivity contribution in [3.63, 3.8) is 0 Å². The Morgan fingerprint density at radius 3 is 2.58 bits per heavy atom. The first kappa shape index (κ1) is 17.6. The number of hydrogen-bond acceptors (Lipinski definition) is 5. The molecule has 0 spiro atoms. The van der Waals surface area contributed by atoms with E-state index in [-0.39, 0.29) is 11.8 Å². The van der Waals surface area contributed by atoms with Crippen molar-refractivity contribution in [3.05, 3.63) is 65.5 Å². The van der Waals surface area contributed by atoms with Gasteiger partial charge in [-0.15, -0.1) is 0 Å². The number of aromatic nitrogens is 1. The fourth-order valence-corrected chi connectivity index (χ4v) is 3.46. The van der Waals surface area contributed by atoms with E-state index in [9.17, 15) is 13.2 Å². The van der Waals surface area contributed by atoms with Gasteiger partial charge in [0.2, 0.25) is 5.91 Å². The van der Waals surface area contributed by atoms with E-state index in [0.29, 0.717) is 11.1 Å². The molecular weight excluding hydrogens is 326 g/mol. The number of nitriles is 1. The average Bonchev–Trinajstić information content (AvgIpc) is 2.55. The summed E-state index contributed by atoms with van der Waals surface area (Å²) in [6.45, 7) is 1.77. The van der Waals surface area contributed by atoms with E-state index in [0.717, 1.165) is 5.56 Å². The van der Waals surface area contributed by atoms with Crippen molar-refractivity contribution >= 4 is 15.7 Å². The Balaban J connectivity index is 1.95. The normalized spacial score (nSPS) is 12.2. The number of amides is 1. The van der Waals surface area contributed by atoms with Gasteiger partial charge < -0.3 is 5.32 Å². The number of hydrogen-bond donors (Lipinski definition) is 1. The molecule has 0 fully saturated rings. The zero-order valence-electron chi connectivity index (χ0n) is 13.1. The predicted molar refractivity (Wildman–Crippen MR) is 89.4 cm³/mol. The minimum absolute atomic E-state index is 0.243. The molecule has 2 aromatic rings. The molecule has 24 heavy (non-hydrogen) atoms. The molecule has 0 bridgehead atoms. The Hall–Kier alpha value is -2.72. The third-order valence-corrected chi connectivity index (χ3v) is 4.86. The van der Waals surface area contributed by atoms with Crippen LogP contribution in [0.3, 0.4) is 0 Å². The first-order valence-corrected chi connectivity index (χ1v) is 9.10. The molecule has 1 unspecified atom stereocenters. The van der Waals surface area contributed by atoms with Crippen LogP contribution in [0.5, 0.6) is 0 Å². The molecule has 1 amide bonds. The molecule has 1 N–H and O–H groups in total. The van der Waals surface area contributed by atoms with Gasteiger partial charge in [0.25, 0.3) is 0 Å². The lowest BCUT2D eigenvalue weighted by Crippen LogP contribution is -2.32.